The Kier molecular flexibility index (Phi) is 7.17. The first-order valence-corrected chi connectivity index (χ1v) is 9.60. The molecule has 1 N–H and O–H groups in total. The van der Waals surface area contributed by atoms with E-state index in [0.29, 0.717) is 17.3 Å². The van der Waals surface area contributed by atoms with Gasteiger partial charge in [0.05, 0.1) is 5.02 Å². The first-order valence-electron chi connectivity index (χ1n) is 8.85. The van der Waals surface area contributed by atoms with Gasteiger partial charge in [0.2, 0.25) is 0 Å². The number of para-hydroxylation sites is 1. The molecule has 1 atom stereocenters. The van der Waals surface area contributed by atoms with Gasteiger partial charge < -0.3 is 9.84 Å². The molecule has 0 saturated carbocycles. The van der Waals surface area contributed by atoms with E-state index in [9.17, 15) is 5.11 Å². The topological polar surface area (TPSA) is 35.9 Å². The van der Waals surface area contributed by atoms with Crippen LogP contribution in [0.4, 0.5) is 0 Å². The van der Waals surface area contributed by atoms with Crippen molar-refractivity contribution in [2.24, 2.45) is 0 Å². The number of aliphatic hydroxyl groups is 1. The molecule has 6 heteroatoms. The third-order valence-corrected chi connectivity index (χ3v) is 5.09. The van der Waals surface area contributed by atoms with E-state index < -0.39 is 6.10 Å². The molecular weight excluding hydrogens is 371 g/mol. The molecule has 0 aliphatic carbocycles. The smallest absolute Gasteiger partial charge is 0.138 e. The van der Waals surface area contributed by atoms with Crippen LogP contribution in [-0.2, 0) is 6.54 Å². The van der Waals surface area contributed by atoms with Gasteiger partial charge in [-0.05, 0) is 29.8 Å². The zero-order valence-electron chi connectivity index (χ0n) is 14.7. The monoisotopic (exact) mass is 394 g/mol. The molecule has 1 aliphatic rings. The summed E-state index contributed by atoms with van der Waals surface area (Å²) in [6.45, 7) is 5.64. The molecule has 0 radical (unpaired) electrons. The third kappa shape index (κ3) is 5.86. The van der Waals surface area contributed by atoms with Gasteiger partial charge in [-0.1, -0.05) is 47.5 Å². The Bertz CT molecular complexity index is 688. The van der Waals surface area contributed by atoms with E-state index in [-0.39, 0.29) is 6.61 Å². The molecule has 0 amide bonds. The van der Waals surface area contributed by atoms with Crippen molar-refractivity contribution < 1.29 is 9.84 Å². The fraction of sp³-hybridized carbons (Fsp3) is 0.400. The van der Waals surface area contributed by atoms with Gasteiger partial charge >= 0.3 is 0 Å². The number of piperazine rings is 1. The fourth-order valence-corrected chi connectivity index (χ4v) is 3.39. The van der Waals surface area contributed by atoms with E-state index in [1.54, 1.807) is 6.07 Å². The Labute approximate surface area is 164 Å². The average Bonchev–Trinajstić information content (AvgIpc) is 2.64. The highest BCUT2D eigenvalue weighted by molar-refractivity contribution is 6.32. The molecule has 1 saturated heterocycles. The molecule has 0 aromatic heterocycles. The summed E-state index contributed by atoms with van der Waals surface area (Å²) >= 11 is 12.0. The van der Waals surface area contributed by atoms with Gasteiger partial charge in [0, 0.05) is 44.3 Å². The lowest BCUT2D eigenvalue weighted by molar-refractivity contribution is 0.0446. The summed E-state index contributed by atoms with van der Waals surface area (Å²) in [5.41, 5.74) is 1.27. The number of benzene rings is 2. The highest BCUT2D eigenvalue weighted by atomic mass is 35.5. The van der Waals surface area contributed by atoms with Crippen molar-refractivity contribution >= 4 is 23.2 Å². The predicted octanol–water partition coefficient (Wildman–Crippen LogP) is 3.55. The van der Waals surface area contributed by atoms with Crippen molar-refractivity contribution in [2.75, 3.05) is 39.3 Å². The molecular formula is C20H24Cl2N2O2. The maximum absolute atomic E-state index is 10.2. The molecule has 3 rings (SSSR count). The molecule has 1 fully saturated rings. The Balaban J connectivity index is 1.38. The largest absolute Gasteiger partial charge is 0.489 e. The summed E-state index contributed by atoms with van der Waals surface area (Å²) in [5, 5.41) is 11.6. The number of rotatable bonds is 7. The molecule has 1 unspecified atom stereocenters. The van der Waals surface area contributed by atoms with Crippen LogP contribution in [0.15, 0.2) is 48.5 Å². The van der Waals surface area contributed by atoms with E-state index in [1.165, 1.54) is 5.56 Å². The molecule has 4 nitrogen and oxygen atoms in total. The maximum Gasteiger partial charge on any atom is 0.138 e. The zero-order chi connectivity index (χ0) is 18.4. The lowest BCUT2D eigenvalue weighted by Gasteiger charge is -2.35. The molecule has 2 aromatic rings. The number of ether oxygens (including phenoxy) is 1. The minimum absolute atomic E-state index is 0.245. The van der Waals surface area contributed by atoms with E-state index in [2.05, 4.69) is 21.9 Å². The summed E-state index contributed by atoms with van der Waals surface area (Å²) in [4.78, 5) is 4.70. The summed E-state index contributed by atoms with van der Waals surface area (Å²) in [6.07, 6.45) is -0.533. The summed E-state index contributed by atoms with van der Waals surface area (Å²) < 4.78 is 5.62. The second-order valence-electron chi connectivity index (χ2n) is 6.60. The van der Waals surface area contributed by atoms with Crippen LogP contribution in [0.2, 0.25) is 10.0 Å². The summed E-state index contributed by atoms with van der Waals surface area (Å²) in [6, 6.07) is 15.3. The number of β-amino-alcohol motifs (C(OH)–C–C–N with tert-alkyl or cyclic N) is 1. The second kappa shape index (κ2) is 9.58. The first kappa shape index (κ1) is 19.5. The average molecular weight is 395 g/mol. The number of hydrogen-bond acceptors (Lipinski definition) is 4. The van der Waals surface area contributed by atoms with E-state index in [0.717, 1.165) is 37.7 Å². The van der Waals surface area contributed by atoms with Crippen LogP contribution in [0.3, 0.4) is 0 Å². The highest BCUT2D eigenvalue weighted by Crippen LogP contribution is 2.23. The van der Waals surface area contributed by atoms with E-state index in [4.69, 9.17) is 27.9 Å². The summed E-state index contributed by atoms with van der Waals surface area (Å²) in [7, 11) is 0. The lowest BCUT2D eigenvalue weighted by atomic mass is 10.2. The number of hydrogen-bond donors (Lipinski definition) is 1. The van der Waals surface area contributed by atoms with E-state index in [1.807, 2.05) is 30.3 Å². The van der Waals surface area contributed by atoms with Gasteiger partial charge in [-0.2, -0.15) is 0 Å². The van der Waals surface area contributed by atoms with Crippen molar-refractivity contribution in [3.05, 3.63) is 64.1 Å². The Morgan fingerprint density at radius 1 is 0.923 bits per heavy atom. The van der Waals surface area contributed by atoms with Gasteiger partial charge in [0.1, 0.15) is 18.5 Å². The van der Waals surface area contributed by atoms with Crippen LogP contribution in [0.1, 0.15) is 5.56 Å². The van der Waals surface area contributed by atoms with Crippen LogP contribution in [-0.4, -0.2) is 60.3 Å². The maximum atomic E-state index is 10.2. The van der Waals surface area contributed by atoms with Crippen LogP contribution in [0, 0.1) is 0 Å². The molecule has 0 bridgehead atoms. The highest BCUT2D eigenvalue weighted by Gasteiger charge is 2.19. The Morgan fingerprint density at radius 2 is 1.58 bits per heavy atom. The van der Waals surface area contributed by atoms with Crippen LogP contribution < -0.4 is 4.74 Å². The minimum Gasteiger partial charge on any atom is -0.489 e. The van der Waals surface area contributed by atoms with Gasteiger partial charge in [-0.25, -0.2) is 0 Å². The Morgan fingerprint density at radius 3 is 2.27 bits per heavy atom. The standard InChI is InChI=1S/C20H24Cl2N2O2/c21-17-7-5-16(6-8-17)13-23-9-11-24(12-10-23)14-18(25)15-26-20-4-2-1-3-19(20)22/h1-8,18,25H,9-15H2. The molecule has 140 valence electrons. The molecule has 26 heavy (non-hydrogen) atoms. The SMILES string of the molecule is OC(COc1ccccc1Cl)CN1CCN(Cc2ccc(Cl)cc2)CC1. The number of halogens is 2. The lowest BCUT2D eigenvalue weighted by Crippen LogP contribution is -2.48. The number of nitrogens with zero attached hydrogens (tertiary/aromatic N) is 2. The summed E-state index contributed by atoms with van der Waals surface area (Å²) in [5.74, 6) is 0.612. The molecule has 0 spiro atoms. The predicted molar refractivity (Wildman–Crippen MR) is 106 cm³/mol. The normalized spacial score (nSPS) is 17.2. The fourth-order valence-electron chi connectivity index (χ4n) is 3.08. The number of aliphatic hydroxyl groups excluding tert-OH is 1. The molecule has 1 aliphatic heterocycles. The quantitative estimate of drug-likeness (QED) is 0.778. The van der Waals surface area contributed by atoms with Crippen LogP contribution >= 0.6 is 23.2 Å². The van der Waals surface area contributed by atoms with Crippen molar-refractivity contribution in [3.63, 3.8) is 0 Å². The first-order chi connectivity index (χ1) is 12.6. The second-order valence-corrected chi connectivity index (χ2v) is 7.44. The molecule has 2 aromatic carbocycles. The van der Waals surface area contributed by atoms with Crippen molar-refractivity contribution in [2.45, 2.75) is 12.6 Å². The van der Waals surface area contributed by atoms with Gasteiger partial charge in [0.25, 0.3) is 0 Å². The minimum atomic E-state index is -0.533. The third-order valence-electron chi connectivity index (χ3n) is 4.52. The van der Waals surface area contributed by atoms with Gasteiger partial charge in [0.15, 0.2) is 0 Å². The van der Waals surface area contributed by atoms with Crippen LogP contribution in [0.25, 0.3) is 0 Å². The van der Waals surface area contributed by atoms with Gasteiger partial charge in [-0.3, -0.25) is 9.80 Å². The Hall–Kier alpha value is -1.30. The van der Waals surface area contributed by atoms with Crippen molar-refractivity contribution in [1.29, 1.82) is 0 Å². The van der Waals surface area contributed by atoms with Crippen molar-refractivity contribution in [1.82, 2.24) is 9.80 Å². The zero-order valence-corrected chi connectivity index (χ0v) is 16.2. The van der Waals surface area contributed by atoms with E-state index >= 15 is 0 Å². The van der Waals surface area contributed by atoms with Crippen molar-refractivity contribution in [3.8, 4) is 5.75 Å². The molecule has 1 heterocycles. The van der Waals surface area contributed by atoms with Gasteiger partial charge in [-0.15, -0.1) is 0 Å². The van der Waals surface area contributed by atoms with Crippen LogP contribution in [0.5, 0.6) is 5.75 Å².